The van der Waals surface area contributed by atoms with Gasteiger partial charge in [0.05, 0.1) is 0 Å². The van der Waals surface area contributed by atoms with Gasteiger partial charge in [-0.1, -0.05) is 26.8 Å². The molecule has 4 aliphatic rings. The van der Waals surface area contributed by atoms with Crippen molar-refractivity contribution >= 4 is 11.8 Å². The second-order valence-corrected chi connectivity index (χ2v) is 9.18. The molecule has 26 heavy (non-hydrogen) atoms. The van der Waals surface area contributed by atoms with E-state index in [9.17, 15) is 14.7 Å². The number of rotatable bonds is 2. The number of carbonyl (C=O) groups is 2. The van der Waals surface area contributed by atoms with E-state index in [-0.39, 0.29) is 34.4 Å². The molecule has 0 aromatic carbocycles. The van der Waals surface area contributed by atoms with Gasteiger partial charge in [-0.05, 0) is 67.9 Å². The smallest absolute Gasteiger partial charge is 0.305 e. The third-order valence-corrected chi connectivity index (χ3v) is 8.16. The number of aliphatic hydroxyl groups excluding tert-OH is 1. The lowest BCUT2D eigenvalue weighted by atomic mass is 9.48. The molecule has 0 saturated heterocycles. The summed E-state index contributed by atoms with van der Waals surface area (Å²) in [7, 11) is 0. The average Bonchev–Trinajstić information content (AvgIpc) is 2.95. The lowest BCUT2D eigenvalue weighted by molar-refractivity contribution is -0.158. The molecular weight excluding hydrogens is 328 g/mol. The number of hydrogen-bond acceptors (Lipinski definition) is 4. The molecule has 4 nitrogen and oxygen atoms in total. The largest absolute Gasteiger partial charge is 0.504 e. The fraction of sp³-hybridized carbons (Fsp3) is 0.727. The van der Waals surface area contributed by atoms with Crippen LogP contribution in [0.4, 0.5) is 0 Å². The molecule has 4 aliphatic carbocycles. The zero-order valence-corrected chi connectivity index (χ0v) is 16.1. The summed E-state index contributed by atoms with van der Waals surface area (Å²) >= 11 is 0. The van der Waals surface area contributed by atoms with Crippen LogP contribution in [0, 0.1) is 28.6 Å². The summed E-state index contributed by atoms with van der Waals surface area (Å²) in [5, 5.41) is 10.4. The zero-order chi connectivity index (χ0) is 18.7. The third kappa shape index (κ3) is 2.33. The fourth-order valence-electron chi connectivity index (χ4n) is 6.70. The average molecular weight is 358 g/mol. The van der Waals surface area contributed by atoms with Crippen LogP contribution in [0.2, 0.25) is 0 Å². The minimum absolute atomic E-state index is 0.0111. The number of carbonyl (C=O) groups excluding carboxylic acids is 2. The van der Waals surface area contributed by atoms with Gasteiger partial charge in [0, 0.05) is 17.3 Å². The number of aliphatic hydroxyl groups is 1. The standard InChI is InChI=1S/C22H30O4/c1-4-19(24)26-18-8-7-14-13-5-6-16-20(25)17(23)10-12-21(16,2)15(13)9-11-22(14,18)3/h10,12-15,18,25H,4-9,11H2,1-3H3/t13-,14-,15-,18-,21+,22-/m0/s1. The van der Waals surface area contributed by atoms with Crippen LogP contribution in [0.1, 0.15) is 65.7 Å². The highest BCUT2D eigenvalue weighted by molar-refractivity contribution is 6.04. The Morgan fingerprint density at radius 1 is 1.23 bits per heavy atom. The third-order valence-electron chi connectivity index (χ3n) is 8.16. The van der Waals surface area contributed by atoms with E-state index in [1.54, 1.807) is 6.08 Å². The molecule has 0 heterocycles. The highest BCUT2D eigenvalue weighted by Gasteiger charge is 2.60. The van der Waals surface area contributed by atoms with Crippen LogP contribution in [-0.2, 0) is 14.3 Å². The van der Waals surface area contributed by atoms with Crippen LogP contribution in [0.25, 0.3) is 0 Å². The van der Waals surface area contributed by atoms with Crippen LogP contribution in [0.15, 0.2) is 23.5 Å². The molecular formula is C22H30O4. The normalized spacial score (nSPS) is 44.3. The van der Waals surface area contributed by atoms with Crippen molar-refractivity contribution in [1.29, 1.82) is 0 Å². The molecule has 0 amide bonds. The summed E-state index contributed by atoms with van der Waals surface area (Å²) in [5.41, 5.74) is 0.807. The summed E-state index contributed by atoms with van der Waals surface area (Å²) < 4.78 is 5.83. The van der Waals surface area contributed by atoms with E-state index in [1.807, 2.05) is 13.0 Å². The van der Waals surface area contributed by atoms with E-state index < -0.39 is 0 Å². The number of ketones is 1. The van der Waals surface area contributed by atoms with Gasteiger partial charge in [0.1, 0.15) is 6.10 Å². The summed E-state index contributed by atoms with van der Waals surface area (Å²) in [6.45, 7) is 6.37. The Morgan fingerprint density at radius 3 is 2.73 bits per heavy atom. The highest BCUT2D eigenvalue weighted by atomic mass is 16.5. The fourth-order valence-corrected chi connectivity index (χ4v) is 6.70. The lowest BCUT2D eigenvalue weighted by Crippen LogP contribution is -2.51. The summed E-state index contributed by atoms with van der Waals surface area (Å²) in [4.78, 5) is 23.8. The van der Waals surface area contributed by atoms with Gasteiger partial charge < -0.3 is 9.84 Å². The van der Waals surface area contributed by atoms with E-state index in [2.05, 4.69) is 13.8 Å². The van der Waals surface area contributed by atoms with Gasteiger partial charge in [-0.15, -0.1) is 0 Å². The molecule has 0 aromatic heterocycles. The maximum Gasteiger partial charge on any atom is 0.305 e. The second-order valence-electron chi connectivity index (χ2n) is 9.18. The Bertz CT molecular complexity index is 705. The lowest BCUT2D eigenvalue weighted by Gasteiger charge is -2.56. The van der Waals surface area contributed by atoms with Crippen LogP contribution in [0.3, 0.4) is 0 Å². The Kier molecular flexibility index (Phi) is 4.09. The molecule has 1 N–H and O–H groups in total. The Morgan fingerprint density at radius 2 is 2.00 bits per heavy atom. The number of fused-ring (bicyclic) bond motifs is 5. The topological polar surface area (TPSA) is 63.6 Å². The monoisotopic (exact) mass is 358 g/mol. The number of allylic oxidation sites excluding steroid dienone is 3. The first-order valence-corrected chi connectivity index (χ1v) is 10.2. The summed E-state index contributed by atoms with van der Waals surface area (Å²) in [6, 6.07) is 0. The minimum Gasteiger partial charge on any atom is -0.504 e. The van der Waals surface area contributed by atoms with Crippen molar-refractivity contribution in [3.05, 3.63) is 23.5 Å². The van der Waals surface area contributed by atoms with Gasteiger partial charge in [-0.2, -0.15) is 0 Å². The molecule has 142 valence electrons. The van der Waals surface area contributed by atoms with Crippen molar-refractivity contribution in [1.82, 2.24) is 0 Å². The SMILES string of the molecule is CCC(=O)O[C@H]1CC[C@H]2[C@@H]3CCC4=C(O)C(=O)C=C[C@]4(C)[C@H]3CC[C@]12C. The molecule has 0 spiro atoms. The van der Waals surface area contributed by atoms with Crippen LogP contribution >= 0.6 is 0 Å². The van der Waals surface area contributed by atoms with Gasteiger partial charge in [0.15, 0.2) is 5.76 Å². The van der Waals surface area contributed by atoms with Gasteiger partial charge in [-0.3, -0.25) is 9.59 Å². The molecule has 0 unspecified atom stereocenters. The molecule has 3 fully saturated rings. The predicted molar refractivity (Wildman–Crippen MR) is 98.4 cm³/mol. The minimum atomic E-state index is -0.246. The molecule has 6 atom stereocenters. The first-order valence-electron chi connectivity index (χ1n) is 10.2. The van der Waals surface area contributed by atoms with E-state index in [1.165, 1.54) is 0 Å². The first kappa shape index (κ1) is 17.8. The van der Waals surface area contributed by atoms with E-state index in [0.29, 0.717) is 24.2 Å². The van der Waals surface area contributed by atoms with Crippen molar-refractivity contribution < 1.29 is 19.4 Å². The van der Waals surface area contributed by atoms with E-state index >= 15 is 0 Å². The number of hydrogen-bond donors (Lipinski definition) is 1. The molecule has 4 rings (SSSR count). The van der Waals surface area contributed by atoms with Crippen LogP contribution in [-0.4, -0.2) is 23.0 Å². The number of esters is 1. The van der Waals surface area contributed by atoms with Crippen molar-refractivity contribution in [2.75, 3.05) is 0 Å². The van der Waals surface area contributed by atoms with Crippen molar-refractivity contribution in [3.63, 3.8) is 0 Å². The molecule has 3 saturated carbocycles. The summed E-state index contributed by atoms with van der Waals surface area (Å²) in [6.07, 6.45) is 10.1. The van der Waals surface area contributed by atoms with Gasteiger partial charge in [-0.25, -0.2) is 0 Å². The number of ether oxygens (including phenoxy) is 1. The molecule has 0 aliphatic heterocycles. The Hall–Kier alpha value is -1.58. The van der Waals surface area contributed by atoms with E-state index in [4.69, 9.17) is 4.74 Å². The maximum atomic E-state index is 11.9. The molecule has 4 heteroatoms. The second kappa shape index (κ2) is 5.97. The molecule has 0 radical (unpaired) electrons. The van der Waals surface area contributed by atoms with Crippen molar-refractivity contribution in [2.45, 2.75) is 71.8 Å². The maximum absolute atomic E-state index is 11.9. The van der Waals surface area contributed by atoms with Crippen molar-refractivity contribution in [3.8, 4) is 0 Å². The van der Waals surface area contributed by atoms with Gasteiger partial charge in [0.25, 0.3) is 0 Å². The first-order chi connectivity index (χ1) is 12.3. The van der Waals surface area contributed by atoms with Crippen molar-refractivity contribution in [2.24, 2.45) is 28.6 Å². The predicted octanol–water partition coefficient (Wildman–Crippen LogP) is 4.50. The highest BCUT2D eigenvalue weighted by Crippen LogP contribution is 2.65. The Labute approximate surface area is 155 Å². The molecule has 0 bridgehead atoms. The van der Waals surface area contributed by atoms with Gasteiger partial charge in [0.2, 0.25) is 5.78 Å². The Balaban J connectivity index is 1.63. The quantitative estimate of drug-likeness (QED) is 0.738. The zero-order valence-electron chi connectivity index (χ0n) is 16.1. The molecule has 0 aromatic rings. The van der Waals surface area contributed by atoms with Crippen LogP contribution < -0.4 is 0 Å². The van der Waals surface area contributed by atoms with Gasteiger partial charge >= 0.3 is 5.97 Å². The van der Waals surface area contributed by atoms with E-state index in [0.717, 1.165) is 44.1 Å². The van der Waals surface area contributed by atoms with Crippen LogP contribution in [0.5, 0.6) is 0 Å². The summed E-state index contributed by atoms with van der Waals surface area (Å²) in [5.74, 6) is 1.24.